The van der Waals surface area contributed by atoms with Crippen molar-refractivity contribution in [2.75, 3.05) is 22.9 Å². The Labute approximate surface area is 168 Å². The lowest BCUT2D eigenvalue weighted by atomic mass is 10.0. The van der Waals surface area contributed by atoms with Crippen LogP contribution in [-0.4, -0.2) is 26.4 Å². The lowest BCUT2D eigenvalue weighted by Crippen LogP contribution is -2.31. The third-order valence-electron chi connectivity index (χ3n) is 4.73. The van der Waals surface area contributed by atoms with Crippen LogP contribution in [-0.2, 0) is 6.42 Å². The van der Waals surface area contributed by atoms with Gasteiger partial charge in [-0.3, -0.25) is 10.1 Å². The van der Waals surface area contributed by atoms with Crippen molar-refractivity contribution in [2.45, 2.75) is 26.3 Å². The Morgan fingerprint density at radius 3 is 2.14 bits per heavy atom. The molecule has 0 aliphatic carbocycles. The highest BCUT2D eigenvalue weighted by Crippen LogP contribution is 2.27. The van der Waals surface area contributed by atoms with Gasteiger partial charge in [0.05, 0.1) is 11.0 Å². The van der Waals surface area contributed by atoms with Crippen LogP contribution in [0.3, 0.4) is 0 Å². The first-order valence-corrected chi connectivity index (χ1v) is 9.17. The van der Waals surface area contributed by atoms with Crippen LogP contribution >= 0.6 is 0 Å². The van der Waals surface area contributed by atoms with E-state index in [1.807, 2.05) is 18.7 Å². The topological polar surface area (TPSA) is 137 Å². The number of aromatic nitrogens is 3. The van der Waals surface area contributed by atoms with Gasteiger partial charge in [-0.05, 0) is 31.4 Å². The van der Waals surface area contributed by atoms with Crippen LogP contribution in [0.2, 0.25) is 0 Å². The lowest BCUT2D eigenvalue weighted by Gasteiger charge is -2.30. The van der Waals surface area contributed by atoms with Gasteiger partial charge in [0.2, 0.25) is 17.8 Å². The first kappa shape index (κ1) is 20.0. The normalized spacial score (nSPS) is 11.8. The van der Waals surface area contributed by atoms with Gasteiger partial charge in [-0.15, -0.1) is 0 Å². The molecule has 0 saturated carbocycles. The summed E-state index contributed by atoms with van der Waals surface area (Å²) in [5.41, 5.74) is 14.8. The van der Waals surface area contributed by atoms with Crippen molar-refractivity contribution < 1.29 is 4.92 Å². The van der Waals surface area contributed by atoms with Gasteiger partial charge < -0.3 is 16.4 Å². The van der Waals surface area contributed by atoms with E-state index in [1.54, 1.807) is 12.1 Å². The van der Waals surface area contributed by atoms with E-state index in [0.29, 0.717) is 12.5 Å². The molecule has 0 saturated heterocycles. The lowest BCUT2D eigenvalue weighted by molar-refractivity contribution is -0.384. The zero-order chi connectivity index (χ0) is 21.0. The molecule has 9 nitrogen and oxygen atoms in total. The minimum Gasteiger partial charge on any atom is -0.368 e. The number of nitrogens with zero attached hydrogens (tertiary/aromatic N) is 5. The van der Waals surface area contributed by atoms with Gasteiger partial charge in [0.1, 0.15) is 0 Å². The third-order valence-corrected chi connectivity index (χ3v) is 4.73. The largest absolute Gasteiger partial charge is 0.368 e. The number of nitro groups is 1. The fourth-order valence-corrected chi connectivity index (χ4v) is 3.05. The number of nitrogens with two attached hydrogens (primary N) is 2. The van der Waals surface area contributed by atoms with E-state index in [-0.39, 0.29) is 23.6 Å². The SMILES string of the molecule is Cc1ccc(CCN(c2nc(N)nc(N)n2)[C@@H](C)c2ccc([N+](=O)[O-])cc2)cc1. The predicted molar refractivity (Wildman–Crippen MR) is 112 cm³/mol. The van der Waals surface area contributed by atoms with Gasteiger partial charge in [-0.2, -0.15) is 15.0 Å². The summed E-state index contributed by atoms with van der Waals surface area (Å²) < 4.78 is 0. The summed E-state index contributed by atoms with van der Waals surface area (Å²) in [6.45, 7) is 4.62. The molecule has 0 aliphatic rings. The van der Waals surface area contributed by atoms with E-state index < -0.39 is 4.92 Å². The van der Waals surface area contributed by atoms with E-state index in [4.69, 9.17) is 11.5 Å². The van der Waals surface area contributed by atoms with E-state index in [1.165, 1.54) is 23.3 Å². The van der Waals surface area contributed by atoms with E-state index in [9.17, 15) is 10.1 Å². The van der Waals surface area contributed by atoms with Crippen LogP contribution in [0.5, 0.6) is 0 Å². The molecule has 0 amide bonds. The molecular formula is C20H23N7O2. The monoisotopic (exact) mass is 393 g/mol. The van der Waals surface area contributed by atoms with Crippen molar-refractivity contribution in [1.29, 1.82) is 0 Å². The van der Waals surface area contributed by atoms with Crippen molar-refractivity contribution in [2.24, 2.45) is 0 Å². The first-order chi connectivity index (χ1) is 13.8. The Morgan fingerprint density at radius 1 is 1.00 bits per heavy atom. The Hall–Kier alpha value is -3.75. The molecule has 3 rings (SSSR count). The Kier molecular flexibility index (Phi) is 5.87. The molecule has 9 heteroatoms. The van der Waals surface area contributed by atoms with Gasteiger partial charge in [-0.1, -0.05) is 42.0 Å². The number of nitro benzene ring substituents is 1. The zero-order valence-electron chi connectivity index (χ0n) is 16.3. The van der Waals surface area contributed by atoms with Crippen molar-refractivity contribution in [3.05, 3.63) is 75.3 Å². The second-order valence-corrected chi connectivity index (χ2v) is 6.81. The standard InChI is InChI=1S/C20H23N7O2/c1-13-3-5-15(6-4-13)11-12-26(20-24-18(21)23-19(22)25-20)14(2)16-7-9-17(10-8-16)27(28)29/h3-10,14H,11-12H2,1-2H3,(H4,21,22,23,24,25)/t14-/m0/s1. The van der Waals surface area contributed by atoms with Crippen molar-refractivity contribution in [1.82, 2.24) is 15.0 Å². The molecule has 0 fully saturated rings. The third kappa shape index (κ3) is 4.95. The molecule has 0 radical (unpaired) electrons. The summed E-state index contributed by atoms with van der Waals surface area (Å²) in [5, 5.41) is 10.9. The average molecular weight is 393 g/mol. The molecule has 3 aromatic rings. The smallest absolute Gasteiger partial charge is 0.269 e. The highest BCUT2D eigenvalue weighted by atomic mass is 16.6. The Morgan fingerprint density at radius 2 is 1.59 bits per heavy atom. The van der Waals surface area contributed by atoms with Crippen molar-refractivity contribution >= 4 is 23.5 Å². The average Bonchev–Trinajstić information content (AvgIpc) is 2.68. The first-order valence-electron chi connectivity index (χ1n) is 9.17. The second-order valence-electron chi connectivity index (χ2n) is 6.81. The minimum atomic E-state index is -0.420. The molecule has 150 valence electrons. The number of hydrogen-bond acceptors (Lipinski definition) is 8. The predicted octanol–water partition coefficient (Wildman–Crippen LogP) is 3.06. The molecule has 0 unspecified atom stereocenters. The maximum absolute atomic E-state index is 10.9. The number of hydrogen-bond donors (Lipinski definition) is 2. The van der Waals surface area contributed by atoms with Crippen LogP contribution in [0.1, 0.15) is 29.7 Å². The molecule has 2 aromatic carbocycles. The summed E-state index contributed by atoms with van der Waals surface area (Å²) in [6, 6.07) is 14.6. The molecule has 0 spiro atoms. The van der Waals surface area contributed by atoms with Crippen molar-refractivity contribution in [3.8, 4) is 0 Å². The summed E-state index contributed by atoms with van der Waals surface area (Å²) >= 11 is 0. The van der Waals surface area contributed by atoms with Crippen LogP contribution in [0.15, 0.2) is 48.5 Å². The molecule has 4 N–H and O–H groups in total. The molecule has 0 bridgehead atoms. The number of aryl methyl sites for hydroxylation is 1. The van der Waals surface area contributed by atoms with Gasteiger partial charge in [0.15, 0.2) is 0 Å². The van der Waals surface area contributed by atoms with Crippen LogP contribution in [0.4, 0.5) is 23.5 Å². The molecule has 1 heterocycles. The maximum atomic E-state index is 10.9. The van der Waals surface area contributed by atoms with Crippen LogP contribution < -0.4 is 16.4 Å². The fourth-order valence-electron chi connectivity index (χ4n) is 3.05. The molecule has 29 heavy (non-hydrogen) atoms. The molecule has 1 atom stereocenters. The number of benzene rings is 2. The minimum absolute atomic E-state index is 0.0424. The summed E-state index contributed by atoms with van der Waals surface area (Å²) in [4.78, 5) is 24.8. The quantitative estimate of drug-likeness (QED) is 0.461. The number of anilines is 3. The van der Waals surface area contributed by atoms with Crippen molar-refractivity contribution in [3.63, 3.8) is 0 Å². The molecular weight excluding hydrogens is 370 g/mol. The molecule has 0 aliphatic heterocycles. The number of rotatable bonds is 7. The van der Waals surface area contributed by atoms with Crippen LogP contribution in [0.25, 0.3) is 0 Å². The fraction of sp³-hybridized carbons (Fsp3) is 0.250. The highest BCUT2D eigenvalue weighted by Gasteiger charge is 2.21. The second kappa shape index (κ2) is 8.51. The van der Waals surface area contributed by atoms with Gasteiger partial charge >= 0.3 is 0 Å². The maximum Gasteiger partial charge on any atom is 0.269 e. The van der Waals surface area contributed by atoms with Crippen LogP contribution in [0, 0.1) is 17.0 Å². The summed E-state index contributed by atoms with van der Waals surface area (Å²) in [5.74, 6) is 0.459. The van der Waals surface area contributed by atoms with E-state index in [0.717, 1.165) is 12.0 Å². The van der Waals surface area contributed by atoms with Gasteiger partial charge in [0, 0.05) is 18.7 Å². The summed E-state index contributed by atoms with van der Waals surface area (Å²) in [6.07, 6.45) is 0.753. The zero-order valence-corrected chi connectivity index (χ0v) is 16.3. The van der Waals surface area contributed by atoms with E-state index in [2.05, 4.69) is 39.2 Å². The highest BCUT2D eigenvalue weighted by molar-refractivity contribution is 5.44. The number of nitrogen functional groups attached to an aromatic ring is 2. The number of non-ortho nitro benzene ring substituents is 1. The summed E-state index contributed by atoms with van der Waals surface area (Å²) in [7, 11) is 0. The Balaban J connectivity index is 1.90. The Bertz CT molecular complexity index is 970. The van der Waals surface area contributed by atoms with Gasteiger partial charge in [-0.25, -0.2) is 0 Å². The van der Waals surface area contributed by atoms with E-state index >= 15 is 0 Å². The molecule has 1 aromatic heterocycles. The van der Waals surface area contributed by atoms with Gasteiger partial charge in [0.25, 0.3) is 5.69 Å².